The predicted octanol–water partition coefficient (Wildman–Crippen LogP) is 2.99. The zero-order valence-corrected chi connectivity index (χ0v) is 12.6. The Morgan fingerprint density at radius 1 is 1.10 bits per heavy atom. The maximum Gasteiger partial charge on any atom is 0.393 e. The molecule has 0 aliphatic heterocycles. The first-order valence-electron chi connectivity index (χ1n) is 7.04. The smallest absolute Gasteiger partial charge is 0.352 e. The molecule has 0 heterocycles. The van der Waals surface area contributed by atoms with Gasteiger partial charge in [-0.15, -0.1) is 0 Å². The second-order valence-electron chi connectivity index (χ2n) is 6.86. The second-order valence-corrected chi connectivity index (χ2v) is 6.86. The van der Waals surface area contributed by atoms with Gasteiger partial charge in [-0.2, -0.15) is 13.2 Å². The minimum absolute atomic E-state index is 0.0842. The highest BCUT2D eigenvalue weighted by molar-refractivity contribution is 5.83. The molecule has 118 valence electrons. The summed E-state index contributed by atoms with van der Waals surface area (Å²) in [5.41, 5.74) is 4.22. The minimum atomic E-state index is -4.26. The SMILES string of the molecule is CC(C)(N)C(C)(C)C(=O)NC1CCCCC1C(F)(F)F. The van der Waals surface area contributed by atoms with Gasteiger partial charge in [0.1, 0.15) is 0 Å². The highest BCUT2D eigenvalue weighted by Gasteiger charge is 2.48. The molecule has 0 radical (unpaired) electrons. The van der Waals surface area contributed by atoms with Crippen molar-refractivity contribution in [1.82, 2.24) is 5.32 Å². The fraction of sp³-hybridized carbons (Fsp3) is 0.929. The van der Waals surface area contributed by atoms with Crippen LogP contribution in [0.5, 0.6) is 0 Å². The summed E-state index contributed by atoms with van der Waals surface area (Å²) in [5, 5.41) is 2.58. The number of carbonyl (C=O) groups excluding carboxylic acids is 1. The Hall–Kier alpha value is -0.780. The van der Waals surface area contributed by atoms with Gasteiger partial charge >= 0.3 is 6.18 Å². The van der Waals surface area contributed by atoms with E-state index in [0.717, 1.165) is 0 Å². The molecular formula is C14H25F3N2O. The maximum atomic E-state index is 13.0. The number of nitrogens with one attached hydrogen (secondary N) is 1. The minimum Gasteiger partial charge on any atom is -0.352 e. The fourth-order valence-electron chi connectivity index (χ4n) is 2.34. The lowest BCUT2D eigenvalue weighted by molar-refractivity contribution is -0.189. The van der Waals surface area contributed by atoms with Crippen LogP contribution < -0.4 is 11.1 Å². The third-order valence-corrected chi connectivity index (χ3v) is 4.68. The van der Waals surface area contributed by atoms with E-state index in [1.165, 1.54) is 0 Å². The zero-order chi connectivity index (χ0) is 15.8. The molecule has 1 fully saturated rings. The molecule has 6 heteroatoms. The van der Waals surface area contributed by atoms with Crippen LogP contribution in [0.25, 0.3) is 0 Å². The molecule has 3 N–H and O–H groups in total. The van der Waals surface area contributed by atoms with E-state index < -0.39 is 35.0 Å². The van der Waals surface area contributed by atoms with Crippen molar-refractivity contribution in [1.29, 1.82) is 0 Å². The van der Waals surface area contributed by atoms with Gasteiger partial charge in [-0.3, -0.25) is 4.79 Å². The molecule has 0 aromatic heterocycles. The van der Waals surface area contributed by atoms with Crippen LogP contribution in [-0.4, -0.2) is 23.7 Å². The van der Waals surface area contributed by atoms with Crippen LogP contribution in [0, 0.1) is 11.3 Å². The fourth-order valence-corrected chi connectivity index (χ4v) is 2.34. The van der Waals surface area contributed by atoms with Gasteiger partial charge in [0.2, 0.25) is 5.91 Å². The molecule has 1 amide bonds. The number of hydrogen-bond acceptors (Lipinski definition) is 2. The Morgan fingerprint density at radius 2 is 1.60 bits per heavy atom. The highest BCUT2D eigenvalue weighted by Crippen LogP contribution is 2.38. The lowest BCUT2D eigenvalue weighted by Crippen LogP contribution is -2.59. The van der Waals surface area contributed by atoms with E-state index in [1.807, 2.05) is 0 Å². The molecule has 0 aromatic rings. The summed E-state index contributed by atoms with van der Waals surface area (Å²) in [4.78, 5) is 12.3. The van der Waals surface area contributed by atoms with Crippen molar-refractivity contribution >= 4 is 5.91 Å². The first kappa shape index (κ1) is 17.3. The summed E-state index contributed by atoms with van der Waals surface area (Å²) in [6, 6.07) is -0.835. The summed E-state index contributed by atoms with van der Waals surface area (Å²) in [5.74, 6) is -1.86. The Balaban J connectivity index is 2.83. The Bertz CT molecular complexity index is 358. The number of rotatable bonds is 3. The summed E-state index contributed by atoms with van der Waals surface area (Å²) in [7, 11) is 0. The summed E-state index contributed by atoms with van der Waals surface area (Å²) < 4.78 is 39.0. The van der Waals surface area contributed by atoms with Gasteiger partial charge in [0.15, 0.2) is 0 Å². The molecule has 2 atom stereocenters. The Morgan fingerprint density at radius 3 is 2.05 bits per heavy atom. The van der Waals surface area contributed by atoms with Crippen molar-refractivity contribution < 1.29 is 18.0 Å². The molecule has 1 aliphatic rings. The van der Waals surface area contributed by atoms with Crippen molar-refractivity contribution in [3.8, 4) is 0 Å². The normalized spacial score (nSPS) is 25.4. The first-order valence-corrected chi connectivity index (χ1v) is 7.04. The average Bonchev–Trinajstić information content (AvgIpc) is 2.26. The van der Waals surface area contributed by atoms with Gasteiger partial charge < -0.3 is 11.1 Å². The molecule has 20 heavy (non-hydrogen) atoms. The molecule has 2 unspecified atom stereocenters. The molecule has 0 bridgehead atoms. The van der Waals surface area contributed by atoms with Gasteiger partial charge in [-0.05, 0) is 40.5 Å². The van der Waals surface area contributed by atoms with Crippen molar-refractivity contribution in [3.05, 3.63) is 0 Å². The average molecular weight is 294 g/mol. The molecule has 0 saturated heterocycles. The van der Waals surface area contributed by atoms with Gasteiger partial charge in [0.05, 0.1) is 11.3 Å². The van der Waals surface area contributed by atoms with Gasteiger partial charge in [-0.25, -0.2) is 0 Å². The highest BCUT2D eigenvalue weighted by atomic mass is 19.4. The van der Waals surface area contributed by atoms with Crippen LogP contribution >= 0.6 is 0 Å². The number of nitrogens with two attached hydrogens (primary N) is 1. The summed E-state index contributed by atoms with van der Waals surface area (Å²) in [6.07, 6.45) is -2.54. The molecular weight excluding hydrogens is 269 g/mol. The standard InChI is InChI=1S/C14H25F3N2O/c1-12(2,13(3,4)18)11(20)19-10-8-6-5-7-9(10)14(15,16)17/h9-10H,5-8,18H2,1-4H3,(H,19,20). The lowest BCUT2D eigenvalue weighted by atomic mass is 9.73. The van der Waals surface area contributed by atoms with Crippen molar-refractivity contribution in [2.45, 2.75) is 71.1 Å². The molecule has 0 aromatic carbocycles. The quantitative estimate of drug-likeness (QED) is 0.840. The van der Waals surface area contributed by atoms with Crippen LogP contribution in [-0.2, 0) is 4.79 Å². The predicted molar refractivity (Wildman–Crippen MR) is 72.0 cm³/mol. The molecule has 3 nitrogen and oxygen atoms in total. The largest absolute Gasteiger partial charge is 0.393 e. The zero-order valence-electron chi connectivity index (χ0n) is 12.6. The van der Waals surface area contributed by atoms with Crippen molar-refractivity contribution in [3.63, 3.8) is 0 Å². The van der Waals surface area contributed by atoms with Gasteiger partial charge in [0, 0.05) is 11.6 Å². The molecule has 1 aliphatic carbocycles. The third-order valence-electron chi connectivity index (χ3n) is 4.68. The van der Waals surface area contributed by atoms with Crippen LogP contribution in [0.1, 0.15) is 53.4 Å². The van der Waals surface area contributed by atoms with Crippen LogP contribution in [0.3, 0.4) is 0 Å². The van der Waals surface area contributed by atoms with Gasteiger partial charge in [-0.1, -0.05) is 12.8 Å². The Labute approximate surface area is 118 Å². The van der Waals surface area contributed by atoms with E-state index in [4.69, 9.17) is 5.73 Å². The summed E-state index contributed by atoms with van der Waals surface area (Å²) in [6.45, 7) is 6.73. The molecule has 1 saturated carbocycles. The van der Waals surface area contributed by atoms with Crippen LogP contribution in [0.2, 0.25) is 0 Å². The number of carbonyl (C=O) groups is 1. The van der Waals surface area contributed by atoms with E-state index in [9.17, 15) is 18.0 Å². The van der Waals surface area contributed by atoms with Crippen molar-refractivity contribution in [2.24, 2.45) is 17.1 Å². The molecule has 0 spiro atoms. The first-order chi connectivity index (χ1) is 8.87. The summed E-state index contributed by atoms with van der Waals surface area (Å²) >= 11 is 0. The lowest BCUT2D eigenvalue weighted by Gasteiger charge is -2.40. The number of amides is 1. The second kappa shape index (κ2) is 5.54. The van der Waals surface area contributed by atoms with E-state index >= 15 is 0 Å². The Kier molecular flexibility index (Phi) is 4.79. The van der Waals surface area contributed by atoms with Gasteiger partial charge in [0.25, 0.3) is 0 Å². The van der Waals surface area contributed by atoms with E-state index in [-0.39, 0.29) is 6.42 Å². The maximum absolute atomic E-state index is 13.0. The van der Waals surface area contributed by atoms with E-state index in [2.05, 4.69) is 5.32 Å². The van der Waals surface area contributed by atoms with E-state index in [0.29, 0.717) is 19.3 Å². The number of halogens is 3. The topological polar surface area (TPSA) is 55.1 Å². The third kappa shape index (κ3) is 3.65. The monoisotopic (exact) mass is 294 g/mol. The van der Waals surface area contributed by atoms with Crippen molar-refractivity contribution in [2.75, 3.05) is 0 Å². The van der Waals surface area contributed by atoms with Crippen LogP contribution in [0.15, 0.2) is 0 Å². The number of hydrogen-bond donors (Lipinski definition) is 2. The van der Waals surface area contributed by atoms with E-state index in [1.54, 1.807) is 27.7 Å². The molecule has 1 rings (SSSR count). The number of alkyl halides is 3. The van der Waals surface area contributed by atoms with Crippen LogP contribution in [0.4, 0.5) is 13.2 Å².